The first kappa shape index (κ1) is 12.6. The number of rotatable bonds is 3. The van der Waals surface area contributed by atoms with Gasteiger partial charge in [0.25, 0.3) is 5.91 Å². The number of primary amides is 1. The summed E-state index contributed by atoms with van der Waals surface area (Å²) in [6, 6.07) is 12.6. The van der Waals surface area contributed by atoms with Crippen LogP contribution < -0.4 is 10.6 Å². The third-order valence-electron chi connectivity index (χ3n) is 2.77. The number of benzene rings is 1. The average molecular weight is 252 g/mol. The summed E-state index contributed by atoms with van der Waals surface area (Å²) in [6.07, 6.45) is 1.54. The molecule has 5 nitrogen and oxygen atoms in total. The van der Waals surface area contributed by atoms with Gasteiger partial charge in [0.1, 0.15) is 5.69 Å². The van der Waals surface area contributed by atoms with Crippen molar-refractivity contribution in [1.82, 2.24) is 4.98 Å². The first-order valence-corrected chi connectivity index (χ1v) is 5.61. The Hall–Kier alpha value is -2.87. The summed E-state index contributed by atoms with van der Waals surface area (Å²) < 4.78 is 0. The van der Waals surface area contributed by atoms with Crippen LogP contribution in [0.2, 0.25) is 0 Å². The number of anilines is 2. The molecule has 19 heavy (non-hydrogen) atoms. The number of hydrogen-bond acceptors (Lipinski definition) is 4. The van der Waals surface area contributed by atoms with E-state index >= 15 is 0 Å². The Morgan fingerprint density at radius 1 is 1.26 bits per heavy atom. The van der Waals surface area contributed by atoms with Crippen LogP contribution in [0.3, 0.4) is 0 Å². The molecule has 0 saturated carbocycles. The van der Waals surface area contributed by atoms with E-state index in [0.717, 1.165) is 11.4 Å². The minimum atomic E-state index is -0.560. The second-order valence-electron chi connectivity index (χ2n) is 3.98. The molecule has 0 fully saturated rings. The standard InChI is InChI=1S/C14H12N4O/c1-18(11-4-2-10(9-15)3-5-11)12-6-7-17-13(8-12)14(16)19/h2-8H,1H3,(H2,16,19). The molecule has 1 heterocycles. The highest BCUT2D eigenvalue weighted by molar-refractivity contribution is 5.91. The van der Waals surface area contributed by atoms with Crippen LogP contribution in [-0.2, 0) is 0 Å². The van der Waals surface area contributed by atoms with Gasteiger partial charge in [-0.05, 0) is 36.4 Å². The molecule has 0 unspecified atom stereocenters. The SMILES string of the molecule is CN(c1ccc(C#N)cc1)c1ccnc(C(N)=O)c1. The second kappa shape index (κ2) is 5.19. The van der Waals surface area contributed by atoms with Crippen LogP contribution in [0.15, 0.2) is 42.6 Å². The smallest absolute Gasteiger partial charge is 0.267 e. The molecular formula is C14H12N4O. The van der Waals surface area contributed by atoms with E-state index in [4.69, 9.17) is 11.0 Å². The number of amides is 1. The molecule has 1 aromatic carbocycles. The van der Waals surface area contributed by atoms with Gasteiger partial charge in [0, 0.05) is 24.6 Å². The van der Waals surface area contributed by atoms with Gasteiger partial charge in [-0.25, -0.2) is 0 Å². The Morgan fingerprint density at radius 3 is 2.53 bits per heavy atom. The lowest BCUT2D eigenvalue weighted by Gasteiger charge is -2.19. The van der Waals surface area contributed by atoms with Crippen molar-refractivity contribution >= 4 is 17.3 Å². The zero-order chi connectivity index (χ0) is 13.8. The zero-order valence-electron chi connectivity index (χ0n) is 10.4. The molecule has 0 spiro atoms. The summed E-state index contributed by atoms with van der Waals surface area (Å²) in [4.78, 5) is 16.9. The van der Waals surface area contributed by atoms with Gasteiger partial charge in [-0.1, -0.05) is 0 Å². The minimum absolute atomic E-state index is 0.220. The van der Waals surface area contributed by atoms with Gasteiger partial charge in [-0.3, -0.25) is 9.78 Å². The van der Waals surface area contributed by atoms with Crippen LogP contribution in [0, 0.1) is 11.3 Å². The van der Waals surface area contributed by atoms with Gasteiger partial charge in [0.05, 0.1) is 11.6 Å². The van der Waals surface area contributed by atoms with Gasteiger partial charge in [0.2, 0.25) is 0 Å². The number of nitrogens with two attached hydrogens (primary N) is 1. The summed E-state index contributed by atoms with van der Waals surface area (Å²) in [5.74, 6) is -0.560. The zero-order valence-corrected chi connectivity index (χ0v) is 10.4. The lowest BCUT2D eigenvalue weighted by molar-refractivity contribution is 0.0995. The van der Waals surface area contributed by atoms with Crippen LogP contribution in [0.4, 0.5) is 11.4 Å². The van der Waals surface area contributed by atoms with E-state index in [1.807, 2.05) is 24.1 Å². The minimum Gasteiger partial charge on any atom is -0.364 e. The van der Waals surface area contributed by atoms with Gasteiger partial charge in [0.15, 0.2) is 0 Å². The molecular weight excluding hydrogens is 240 g/mol. The third-order valence-corrected chi connectivity index (χ3v) is 2.77. The van der Waals surface area contributed by atoms with E-state index in [1.54, 1.807) is 24.3 Å². The van der Waals surface area contributed by atoms with Crippen molar-refractivity contribution in [2.75, 3.05) is 11.9 Å². The molecule has 94 valence electrons. The molecule has 0 bridgehead atoms. The number of carbonyl (C=O) groups excluding carboxylic acids is 1. The average Bonchev–Trinajstić information content (AvgIpc) is 2.46. The molecule has 5 heteroatoms. The Bertz CT molecular complexity index is 643. The van der Waals surface area contributed by atoms with E-state index < -0.39 is 5.91 Å². The van der Waals surface area contributed by atoms with Crippen molar-refractivity contribution in [3.63, 3.8) is 0 Å². The number of aromatic nitrogens is 1. The Balaban J connectivity index is 2.32. The van der Waals surface area contributed by atoms with Crippen LogP contribution in [0.5, 0.6) is 0 Å². The first-order chi connectivity index (χ1) is 9.11. The monoisotopic (exact) mass is 252 g/mol. The molecule has 0 aliphatic carbocycles. The van der Waals surface area contributed by atoms with Gasteiger partial charge in [-0.2, -0.15) is 5.26 Å². The summed E-state index contributed by atoms with van der Waals surface area (Å²) in [5, 5.41) is 8.76. The summed E-state index contributed by atoms with van der Waals surface area (Å²) in [6.45, 7) is 0. The van der Waals surface area contributed by atoms with Crippen LogP contribution in [-0.4, -0.2) is 17.9 Å². The molecule has 0 aliphatic heterocycles. The number of nitrogens with zero attached hydrogens (tertiary/aromatic N) is 3. The normalized spacial score (nSPS) is 9.68. The molecule has 0 atom stereocenters. The van der Waals surface area contributed by atoms with E-state index in [0.29, 0.717) is 5.56 Å². The molecule has 1 aromatic heterocycles. The highest BCUT2D eigenvalue weighted by Gasteiger charge is 2.08. The van der Waals surface area contributed by atoms with Crippen molar-refractivity contribution in [2.45, 2.75) is 0 Å². The fourth-order valence-electron chi connectivity index (χ4n) is 1.67. The van der Waals surface area contributed by atoms with Gasteiger partial charge in [-0.15, -0.1) is 0 Å². The van der Waals surface area contributed by atoms with E-state index in [9.17, 15) is 4.79 Å². The maximum Gasteiger partial charge on any atom is 0.267 e. The van der Waals surface area contributed by atoms with Crippen molar-refractivity contribution in [1.29, 1.82) is 5.26 Å². The van der Waals surface area contributed by atoms with Crippen LogP contribution in [0.1, 0.15) is 16.1 Å². The Labute approximate surface area is 110 Å². The molecule has 0 radical (unpaired) electrons. The number of carbonyl (C=O) groups is 1. The molecule has 0 aliphatic rings. The predicted octanol–water partition coefficient (Wildman–Crippen LogP) is 1.82. The Kier molecular flexibility index (Phi) is 3.44. The van der Waals surface area contributed by atoms with Gasteiger partial charge >= 0.3 is 0 Å². The highest BCUT2D eigenvalue weighted by Crippen LogP contribution is 2.23. The highest BCUT2D eigenvalue weighted by atomic mass is 16.1. The second-order valence-corrected chi connectivity index (χ2v) is 3.98. The number of pyridine rings is 1. The summed E-state index contributed by atoms with van der Waals surface area (Å²) in [7, 11) is 1.86. The summed E-state index contributed by atoms with van der Waals surface area (Å²) >= 11 is 0. The molecule has 1 amide bonds. The van der Waals surface area contributed by atoms with Crippen molar-refractivity contribution in [3.05, 3.63) is 53.9 Å². The van der Waals surface area contributed by atoms with Crippen LogP contribution >= 0.6 is 0 Å². The van der Waals surface area contributed by atoms with Crippen LogP contribution in [0.25, 0.3) is 0 Å². The molecule has 0 saturated heterocycles. The molecule has 2 rings (SSSR count). The quantitative estimate of drug-likeness (QED) is 0.903. The van der Waals surface area contributed by atoms with Gasteiger partial charge < -0.3 is 10.6 Å². The summed E-state index contributed by atoms with van der Waals surface area (Å²) in [5.41, 5.74) is 7.73. The van der Waals surface area contributed by atoms with E-state index in [2.05, 4.69) is 11.1 Å². The fourth-order valence-corrected chi connectivity index (χ4v) is 1.67. The fraction of sp³-hybridized carbons (Fsp3) is 0.0714. The lowest BCUT2D eigenvalue weighted by Crippen LogP contribution is -2.15. The van der Waals surface area contributed by atoms with E-state index in [1.165, 1.54) is 6.20 Å². The van der Waals surface area contributed by atoms with Crippen molar-refractivity contribution < 1.29 is 4.79 Å². The predicted molar refractivity (Wildman–Crippen MR) is 72.0 cm³/mol. The first-order valence-electron chi connectivity index (χ1n) is 5.61. The maximum absolute atomic E-state index is 11.1. The van der Waals surface area contributed by atoms with E-state index in [-0.39, 0.29) is 5.69 Å². The van der Waals surface area contributed by atoms with Crippen molar-refractivity contribution in [2.24, 2.45) is 5.73 Å². The molecule has 2 N–H and O–H groups in total. The Morgan fingerprint density at radius 2 is 1.95 bits per heavy atom. The topological polar surface area (TPSA) is 83.0 Å². The largest absolute Gasteiger partial charge is 0.364 e. The third kappa shape index (κ3) is 2.69. The van der Waals surface area contributed by atoms with Crippen molar-refractivity contribution in [3.8, 4) is 6.07 Å². The lowest BCUT2D eigenvalue weighted by atomic mass is 10.2. The number of nitriles is 1. The number of hydrogen-bond donors (Lipinski definition) is 1. The molecule has 2 aromatic rings. The maximum atomic E-state index is 11.1.